The van der Waals surface area contributed by atoms with Gasteiger partial charge < -0.3 is 19.6 Å². The molecular formula is C18H25N5O2. The van der Waals surface area contributed by atoms with Crippen LogP contribution in [-0.4, -0.2) is 54.2 Å². The lowest BCUT2D eigenvalue weighted by molar-refractivity contribution is 0.0719. The fourth-order valence-electron chi connectivity index (χ4n) is 3.04. The molecule has 3 heterocycles. The van der Waals surface area contributed by atoms with Crippen molar-refractivity contribution in [1.82, 2.24) is 15.0 Å². The maximum atomic E-state index is 12.5. The van der Waals surface area contributed by atoms with Crippen molar-refractivity contribution < 1.29 is 9.32 Å². The van der Waals surface area contributed by atoms with Gasteiger partial charge in [0, 0.05) is 39.3 Å². The number of rotatable bonds is 4. The normalized spacial score (nSPS) is 17.9. The third-order valence-corrected chi connectivity index (χ3v) is 4.43. The van der Waals surface area contributed by atoms with Crippen LogP contribution in [0.15, 0.2) is 28.9 Å². The third-order valence-electron chi connectivity index (χ3n) is 4.43. The van der Waals surface area contributed by atoms with E-state index < -0.39 is 0 Å². The van der Waals surface area contributed by atoms with Crippen molar-refractivity contribution >= 4 is 17.4 Å². The number of aromatic nitrogens is 2. The second-order valence-corrected chi connectivity index (χ2v) is 6.70. The van der Waals surface area contributed by atoms with E-state index in [1.807, 2.05) is 49.1 Å². The summed E-state index contributed by atoms with van der Waals surface area (Å²) in [5, 5.41) is 7.34. The van der Waals surface area contributed by atoms with Gasteiger partial charge in [0.2, 0.25) is 5.76 Å². The number of amides is 1. The third kappa shape index (κ3) is 4.29. The minimum absolute atomic E-state index is 0.0711. The van der Waals surface area contributed by atoms with Gasteiger partial charge in [-0.05, 0) is 38.3 Å². The van der Waals surface area contributed by atoms with Crippen LogP contribution in [0.25, 0.3) is 0 Å². The van der Waals surface area contributed by atoms with E-state index in [9.17, 15) is 4.79 Å². The summed E-state index contributed by atoms with van der Waals surface area (Å²) in [6, 6.07) is 6.08. The predicted molar refractivity (Wildman–Crippen MR) is 97.0 cm³/mol. The standard InChI is InChI=1S/C18H25N5O2/c1-13-11-16(25-21-13)18(24)23-9-4-5-14(8-10-23)20-15-6-7-17(19-12-15)22(2)3/h6-7,11-12,14,20H,4-5,8-10H2,1-3H3/t14-/m1/s1. The van der Waals surface area contributed by atoms with E-state index in [1.165, 1.54) is 0 Å². The second-order valence-electron chi connectivity index (χ2n) is 6.70. The molecule has 1 aliphatic heterocycles. The first-order chi connectivity index (χ1) is 12.0. The fourth-order valence-corrected chi connectivity index (χ4v) is 3.04. The molecule has 0 spiro atoms. The Labute approximate surface area is 148 Å². The molecule has 2 aromatic heterocycles. The van der Waals surface area contributed by atoms with Crippen molar-refractivity contribution in [3.63, 3.8) is 0 Å². The highest BCUT2D eigenvalue weighted by molar-refractivity contribution is 5.91. The quantitative estimate of drug-likeness (QED) is 0.920. The highest BCUT2D eigenvalue weighted by Gasteiger charge is 2.24. The molecular weight excluding hydrogens is 318 g/mol. The molecule has 0 aliphatic carbocycles. The van der Waals surface area contributed by atoms with Crippen molar-refractivity contribution in [2.24, 2.45) is 0 Å². The summed E-state index contributed by atoms with van der Waals surface area (Å²) in [7, 11) is 3.95. The van der Waals surface area contributed by atoms with Crippen LogP contribution < -0.4 is 10.2 Å². The number of carbonyl (C=O) groups is 1. The summed E-state index contributed by atoms with van der Waals surface area (Å²) in [6.45, 7) is 3.27. The van der Waals surface area contributed by atoms with Crippen LogP contribution in [0.3, 0.4) is 0 Å². The van der Waals surface area contributed by atoms with Crippen LogP contribution in [0.5, 0.6) is 0 Å². The topological polar surface area (TPSA) is 74.5 Å². The number of hydrogen-bond donors (Lipinski definition) is 1. The van der Waals surface area contributed by atoms with Gasteiger partial charge in [-0.25, -0.2) is 4.98 Å². The zero-order valence-corrected chi connectivity index (χ0v) is 15.0. The van der Waals surface area contributed by atoms with Gasteiger partial charge in [-0.15, -0.1) is 0 Å². The molecule has 0 bridgehead atoms. The number of nitrogens with one attached hydrogen (secondary N) is 1. The largest absolute Gasteiger partial charge is 0.381 e. The molecule has 1 atom stereocenters. The SMILES string of the molecule is Cc1cc(C(=O)N2CCC[C@@H](Nc3ccc(N(C)C)nc3)CC2)on1. The first kappa shape index (κ1) is 17.3. The molecule has 3 rings (SSSR count). The first-order valence-corrected chi connectivity index (χ1v) is 8.65. The molecule has 2 aromatic rings. The van der Waals surface area contributed by atoms with Crippen molar-refractivity contribution in [1.29, 1.82) is 0 Å². The molecule has 0 saturated carbocycles. The Balaban J connectivity index is 1.57. The van der Waals surface area contributed by atoms with E-state index in [0.29, 0.717) is 18.3 Å². The van der Waals surface area contributed by atoms with E-state index in [0.717, 1.165) is 43.0 Å². The molecule has 1 amide bonds. The summed E-state index contributed by atoms with van der Waals surface area (Å²) in [5.41, 5.74) is 1.74. The van der Waals surface area contributed by atoms with Gasteiger partial charge in [-0.2, -0.15) is 0 Å². The average molecular weight is 343 g/mol. The van der Waals surface area contributed by atoms with Crippen molar-refractivity contribution in [2.75, 3.05) is 37.4 Å². The lowest BCUT2D eigenvalue weighted by Crippen LogP contribution is -2.32. The van der Waals surface area contributed by atoms with Gasteiger partial charge in [0.1, 0.15) is 5.82 Å². The molecule has 7 nitrogen and oxygen atoms in total. The molecule has 0 unspecified atom stereocenters. The van der Waals surface area contributed by atoms with E-state index in [-0.39, 0.29) is 5.91 Å². The molecule has 1 aliphatic rings. The number of aryl methyl sites for hydroxylation is 1. The van der Waals surface area contributed by atoms with Gasteiger partial charge in [0.25, 0.3) is 5.91 Å². The summed E-state index contributed by atoms with van der Waals surface area (Å²) in [6.07, 6.45) is 4.74. The molecule has 1 saturated heterocycles. The van der Waals surface area contributed by atoms with Crippen LogP contribution >= 0.6 is 0 Å². The summed E-state index contributed by atoms with van der Waals surface area (Å²) in [4.78, 5) is 20.8. The highest BCUT2D eigenvalue weighted by Crippen LogP contribution is 2.19. The Morgan fingerprint density at radius 1 is 1.32 bits per heavy atom. The van der Waals surface area contributed by atoms with Gasteiger partial charge in [0.15, 0.2) is 0 Å². The summed E-state index contributed by atoms with van der Waals surface area (Å²) >= 11 is 0. The molecule has 7 heteroatoms. The highest BCUT2D eigenvalue weighted by atomic mass is 16.5. The number of likely N-dealkylation sites (tertiary alicyclic amines) is 1. The number of anilines is 2. The molecule has 0 aromatic carbocycles. The van der Waals surface area contributed by atoms with Crippen LogP contribution in [0.4, 0.5) is 11.5 Å². The maximum absolute atomic E-state index is 12.5. The van der Waals surface area contributed by atoms with Gasteiger partial charge in [-0.3, -0.25) is 4.79 Å². The number of hydrogen-bond acceptors (Lipinski definition) is 6. The zero-order valence-electron chi connectivity index (χ0n) is 15.0. The Kier molecular flexibility index (Phi) is 5.21. The smallest absolute Gasteiger partial charge is 0.292 e. The summed E-state index contributed by atoms with van der Waals surface area (Å²) < 4.78 is 5.10. The van der Waals surface area contributed by atoms with Crippen LogP contribution in [0, 0.1) is 6.92 Å². The maximum Gasteiger partial charge on any atom is 0.292 e. The Hall–Kier alpha value is -2.57. The van der Waals surface area contributed by atoms with Gasteiger partial charge >= 0.3 is 0 Å². The van der Waals surface area contributed by atoms with Gasteiger partial charge in [0.05, 0.1) is 17.6 Å². The Bertz CT molecular complexity index is 711. The number of carbonyl (C=O) groups excluding carboxylic acids is 1. The molecule has 0 radical (unpaired) electrons. The van der Waals surface area contributed by atoms with Crippen molar-refractivity contribution in [3.8, 4) is 0 Å². The minimum Gasteiger partial charge on any atom is -0.381 e. The van der Waals surface area contributed by atoms with Crippen LogP contribution in [-0.2, 0) is 0 Å². The second kappa shape index (κ2) is 7.55. The van der Waals surface area contributed by atoms with E-state index >= 15 is 0 Å². The minimum atomic E-state index is -0.0711. The Morgan fingerprint density at radius 2 is 2.16 bits per heavy atom. The summed E-state index contributed by atoms with van der Waals surface area (Å²) in [5.74, 6) is 1.19. The molecule has 1 N–H and O–H groups in total. The first-order valence-electron chi connectivity index (χ1n) is 8.65. The van der Waals surface area contributed by atoms with E-state index in [1.54, 1.807) is 6.07 Å². The van der Waals surface area contributed by atoms with Crippen LogP contribution in [0.1, 0.15) is 35.5 Å². The van der Waals surface area contributed by atoms with E-state index in [4.69, 9.17) is 4.52 Å². The average Bonchev–Trinajstić information content (AvgIpc) is 2.90. The molecule has 25 heavy (non-hydrogen) atoms. The Morgan fingerprint density at radius 3 is 2.80 bits per heavy atom. The lowest BCUT2D eigenvalue weighted by atomic mass is 10.1. The van der Waals surface area contributed by atoms with Crippen molar-refractivity contribution in [3.05, 3.63) is 35.9 Å². The van der Waals surface area contributed by atoms with Crippen molar-refractivity contribution in [2.45, 2.75) is 32.2 Å². The number of nitrogens with zero attached hydrogens (tertiary/aromatic N) is 4. The predicted octanol–water partition coefficient (Wildman–Crippen LogP) is 2.55. The van der Waals surface area contributed by atoms with Gasteiger partial charge in [-0.1, -0.05) is 5.16 Å². The molecule has 134 valence electrons. The number of pyridine rings is 1. The fraction of sp³-hybridized carbons (Fsp3) is 0.500. The van der Waals surface area contributed by atoms with Crippen LogP contribution in [0.2, 0.25) is 0 Å². The zero-order chi connectivity index (χ0) is 17.8. The monoisotopic (exact) mass is 343 g/mol. The lowest BCUT2D eigenvalue weighted by Gasteiger charge is -2.20. The van der Waals surface area contributed by atoms with E-state index in [2.05, 4.69) is 15.5 Å². The molecule has 1 fully saturated rings.